The molecule has 37 heavy (non-hydrogen) atoms. The monoisotopic (exact) mass is 707 g/mol. The SMILES string of the molecule is Nc1cc(C(=O)c2ccccc2)ccc1Nc1ccc(N(c2ccc(I)cc2)c2ccc(I)cc2)cc1. The van der Waals surface area contributed by atoms with Crippen LogP contribution >= 0.6 is 45.2 Å². The molecule has 0 aromatic heterocycles. The van der Waals surface area contributed by atoms with Crippen molar-refractivity contribution < 1.29 is 4.79 Å². The minimum atomic E-state index is -0.0468. The Bertz CT molecular complexity index is 1470. The van der Waals surface area contributed by atoms with Crippen LogP contribution < -0.4 is 16.0 Å². The predicted octanol–water partition coefficient (Wildman–Crippen LogP) is 8.92. The van der Waals surface area contributed by atoms with Gasteiger partial charge in [-0.25, -0.2) is 0 Å². The lowest BCUT2D eigenvalue weighted by molar-refractivity contribution is 0.103. The van der Waals surface area contributed by atoms with Crippen LogP contribution in [0.25, 0.3) is 0 Å². The van der Waals surface area contributed by atoms with Gasteiger partial charge >= 0.3 is 0 Å². The second-order valence-electron chi connectivity index (χ2n) is 8.46. The van der Waals surface area contributed by atoms with Crippen molar-refractivity contribution in [2.45, 2.75) is 0 Å². The summed E-state index contributed by atoms with van der Waals surface area (Å²) in [6, 6.07) is 39.8. The maximum Gasteiger partial charge on any atom is 0.193 e. The van der Waals surface area contributed by atoms with E-state index in [0.717, 1.165) is 28.4 Å². The fourth-order valence-electron chi connectivity index (χ4n) is 4.05. The van der Waals surface area contributed by atoms with Crippen molar-refractivity contribution in [1.82, 2.24) is 0 Å². The van der Waals surface area contributed by atoms with Crippen molar-refractivity contribution >= 4 is 85.1 Å². The lowest BCUT2D eigenvalue weighted by atomic mass is 10.0. The Morgan fingerprint density at radius 1 is 0.622 bits per heavy atom. The average molecular weight is 707 g/mol. The van der Waals surface area contributed by atoms with E-state index < -0.39 is 0 Å². The summed E-state index contributed by atoms with van der Waals surface area (Å²) in [4.78, 5) is 15.0. The molecule has 0 unspecified atom stereocenters. The van der Waals surface area contributed by atoms with E-state index in [1.807, 2.05) is 48.5 Å². The Morgan fingerprint density at radius 3 is 1.65 bits per heavy atom. The first kappa shape index (κ1) is 25.3. The van der Waals surface area contributed by atoms with Crippen LogP contribution in [-0.4, -0.2) is 5.78 Å². The van der Waals surface area contributed by atoms with E-state index in [2.05, 4.69) is 116 Å². The zero-order chi connectivity index (χ0) is 25.8. The van der Waals surface area contributed by atoms with Gasteiger partial charge < -0.3 is 16.0 Å². The number of anilines is 6. The number of ketones is 1. The molecule has 5 rings (SSSR count). The zero-order valence-electron chi connectivity index (χ0n) is 19.7. The summed E-state index contributed by atoms with van der Waals surface area (Å²) in [6.45, 7) is 0. The number of carbonyl (C=O) groups is 1. The number of carbonyl (C=O) groups excluding carboxylic acids is 1. The first-order valence-corrected chi connectivity index (χ1v) is 13.8. The zero-order valence-corrected chi connectivity index (χ0v) is 24.1. The highest BCUT2D eigenvalue weighted by Gasteiger charge is 2.14. The quantitative estimate of drug-likeness (QED) is 0.101. The van der Waals surface area contributed by atoms with Gasteiger partial charge in [-0.15, -0.1) is 0 Å². The van der Waals surface area contributed by atoms with Crippen molar-refractivity contribution in [2.24, 2.45) is 0 Å². The fraction of sp³-hybridized carbons (Fsp3) is 0. The van der Waals surface area contributed by atoms with Crippen LogP contribution in [0.5, 0.6) is 0 Å². The van der Waals surface area contributed by atoms with Crippen molar-refractivity contribution in [1.29, 1.82) is 0 Å². The van der Waals surface area contributed by atoms with E-state index in [0.29, 0.717) is 16.8 Å². The summed E-state index contributed by atoms with van der Waals surface area (Å²) in [5.41, 5.74) is 12.9. The van der Waals surface area contributed by atoms with Gasteiger partial charge in [0.2, 0.25) is 0 Å². The maximum atomic E-state index is 12.8. The minimum absolute atomic E-state index is 0.0468. The molecule has 0 atom stereocenters. The molecule has 0 saturated heterocycles. The number of nitrogens with zero attached hydrogens (tertiary/aromatic N) is 1. The van der Waals surface area contributed by atoms with E-state index in [1.54, 1.807) is 12.1 Å². The van der Waals surface area contributed by atoms with E-state index in [9.17, 15) is 4.79 Å². The normalized spacial score (nSPS) is 10.6. The van der Waals surface area contributed by atoms with Gasteiger partial charge in [0.25, 0.3) is 0 Å². The van der Waals surface area contributed by atoms with Crippen LogP contribution in [0.15, 0.2) is 121 Å². The lowest BCUT2D eigenvalue weighted by Crippen LogP contribution is -2.10. The summed E-state index contributed by atoms with van der Waals surface area (Å²) in [7, 11) is 0. The summed E-state index contributed by atoms with van der Waals surface area (Å²) >= 11 is 4.65. The molecule has 3 N–H and O–H groups in total. The molecule has 0 spiro atoms. The molecule has 4 nitrogen and oxygen atoms in total. The molecule has 6 heteroatoms. The Morgan fingerprint density at radius 2 is 1.14 bits per heavy atom. The predicted molar refractivity (Wildman–Crippen MR) is 171 cm³/mol. The molecule has 182 valence electrons. The fourth-order valence-corrected chi connectivity index (χ4v) is 4.77. The average Bonchev–Trinajstić information content (AvgIpc) is 2.93. The van der Waals surface area contributed by atoms with Crippen LogP contribution in [0.1, 0.15) is 15.9 Å². The molecule has 0 bridgehead atoms. The van der Waals surface area contributed by atoms with Crippen LogP contribution in [0, 0.1) is 7.14 Å². The Balaban J connectivity index is 1.39. The third-order valence-corrected chi connectivity index (χ3v) is 7.36. The number of hydrogen-bond acceptors (Lipinski definition) is 4. The Kier molecular flexibility index (Phi) is 7.76. The Hall–Kier alpha value is -3.37. The molecule has 0 saturated carbocycles. The molecular weight excluding hydrogens is 684 g/mol. The van der Waals surface area contributed by atoms with Crippen LogP contribution in [0.4, 0.5) is 34.1 Å². The second kappa shape index (κ2) is 11.4. The minimum Gasteiger partial charge on any atom is -0.397 e. The van der Waals surface area contributed by atoms with Crippen LogP contribution in [-0.2, 0) is 0 Å². The van der Waals surface area contributed by atoms with Crippen molar-refractivity contribution in [3.05, 3.63) is 140 Å². The first-order chi connectivity index (χ1) is 18.0. The molecular formula is C31H23I2N3O. The van der Waals surface area contributed by atoms with E-state index in [1.165, 1.54) is 7.14 Å². The molecule has 0 fully saturated rings. The number of rotatable bonds is 7. The van der Waals surface area contributed by atoms with Crippen molar-refractivity contribution in [3.8, 4) is 0 Å². The highest BCUT2D eigenvalue weighted by Crippen LogP contribution is 2.36. The summed E-state index contributed by atoms with van der Waals surface area (Å²) in [5, 5.41) is 3.38. The smallest absolute Gasteiger partial charge is 0.193 e. The molecule has 0 radical (unpaired) electrons. The van der Waals surface area contributed by atoms with E-state index >= 15 is 0 Å². The Labute approximate surface area is 243 Å². The van der Waals surface area contributed by atoms with Gasteiger partial charge in [-0.3, -0.25) is 4.79 Å². The van der Waals surface area contributed by atoms with E-state index in [4.69, 9.17) is 5.73 Å². The van der Waals surface area contributed by atoms with Gasteiger partial charge in [0.1, 0.15) is 0 Å². The van der Waals surface area contributed by atoms with Gasteiger partial charge in [0, 0.05) is 41.0 Å². The molecule has 0 aliphatic rings. The van der Waals surface area contributed by atoms with Crippen molar-refractivity contribution in [3.63, 3.8) is 0 Å². The van der Waals surface area contributed by atoms with Gasteiger partial charge in [0.15, 0.2) is 5.78 Å². The largest absolute Gasteiger partial charge is 0.397 e. The molecule has 0 aliphatic carbocycles. The van der Waals surface area contributed by atoms with Crippen molar-refractivity contribution in [2.75, 3.05) is 16.0 Å². The number of nitrogens with two attached hydrogens (primary N) is 1. The highest BCUT2D eigenvalue weighted by molar-refractivity contribution is 14.1. The molecule has 0 heterocycles. The summed E-state index contributed by atoms with van der Waals surface area (Å²) in [6.07, 6.45) is 0. The number of nitrogen functional groups attached to an aromatic ring is 1. The van der Waals surface area contributed by atoms with Gasteiger partial charge in [-0.2, -0.15) is 0 Å². The van der Waals surface area contributed by atoms with Gasteiger partial charge in [0.05, 0.1) is 11.4 Å². The number of benzene rings is 5. The number of nitrogens with one attached hydrogen (secondary N) is 1. The van der Waals surface area contributed by atoms with Crippen LogP contribution in [0.2, 0.25) is 0 Å². The second-order valence-corrected chi connectivity index (χ2v) is 10.9. The molecule has 0 amide bonds. The lowest BCUT2D eigenvalue weighted by Gasteiger charge is -2.26. The van der Waals surface area contributed by atoms with Gasteiger partial charge in [-0.1, -0.05) is 30.3 Å². The third kappa shape index (κ3) is 5.97. The third-order valence-electron chi connectivity index (χ3n) is 5.92. The number of halogens is 2. The van der Waals surface area contributed by atoms with Gasteiger partial charge in [-0.05, 0) is 136 Å². The van der Waals surface area contributed by atoms with E-state index in [-0.39, 0.29) is 5.78 Å². The molecule has 5 aromatic rings. The highest BCUT2D eigenvalue weighted by atomic mass is 127. The number of hydrogen-bond donors (Lipinski definition) is 2. The topological polar surface area (TPSA) is 58.4 Å². The standard InChI is InChI=1S/C31H23I2N3O/c32-23-7-13-26(14-8-23)36(27-15-9-24(33)10-16-27)28-17-11-25(12-18-28)35-30-19-6-22(20-29(30)34)31(37)21-4-2-1-3-5-21/h1-20,35H,34H2. The summed E-state index contributed by atoms with van der Waals surface area (Å²) < 4.78 is 2.38. The molecule has 5 aromatic carbocycles. The maximum absolute atomic E-state index is 12.8. The molecule has 0 aliphatic heterocycles. The van der Waals surface area contributed by atoms with Crippen LogP contribution in [0.3, 0.4) is 0 Å². The first-order valence-electron chi connectivity index (χ1n) is 11.7. The summed E-state index contributed by atoms with van der Waals surface area (Å²) in [5.74, 6) is -0.0468.